The average molecular weight is 437 g/mol. The Morgan fingerprint density at radius 3 is 2.47 bits per heavy atom. The molecule has 0 bridgehead atoms. The first-order valence-electron chi connectivity index (χ1n) is 10.3. The maximum atomic E-state index is 12.9. The molecule has 2 aromatic carbocycles. The Kier molecular flexibility index (Phi) is 6.76. The third kappa shape index (κ3) is 5.92. The number of rotatable bonds is 7. The highest BCUT2D eigenvalue weighted by atomic mass is 19.1. The van der Waals surface area contributed by atoms with Crippen molar-refractivity contribution in [1.29, 1.82) is 0 Å². The fraction of sp³-hybridized carbons (Fsp3) is 0.261. The van der Waals surface area contributed by atoms with Crippen LogP contribution < -0.4 is 20.3 Å². The van der Waals surface area contributed by atoms with E-state index < -0.39 is 0 Å². The molecule has 0 saturated carbocycles. The number of aromatic nitrogens is 2. The van der Waals surface area contributed by atoms with Gasteiger partial charge in [0.05, 0.1) is 13.2 Å². The van der Waals surface area contributed by atoms with Crippen molar-refractivity contribution >= 4 is 28.9 Å². The molecular weight excluding hydrogens is 413 g/mol. The molecule has 32 heavy (non-hydrogen) atoms. The van der Waals surface area contributed by atoms with Gasteiger partial charge in [0.1, 0.15) is 29.0 Å². The Morgan fingerprint density at radius 1 is 1.06 bits per heavy atom. The monoisotopic (exact) mass is 437 g/mol. The van der Waals surface area contributed by atoms with Gasteiger partial charge in [0.2, 0.25) is 0 Å². The Hall–Kier alpha value is -3.72. The Labute approximate surface area is 185 Å². The number of hydrogen-bond donors (Lipinski definition) is 2. The maximum Gasteiger partial charge on any atom is 0.262 e. The molecule has 0 aliphatic carbocycles. The number of ether oxygens (including phenoxy) is 2. The van der Waals surface area contributed by atoms with Gasteiger partial charge in [-0.05, 0) is 55.5 Å². The molecule has 9 heteroatoms. The summed E-state index contributed by atoms with van der Waals surface area (Å²) in [5, 5.41) is 6.04. The number of nitrogens with zero attached hydrogens (tertiary/aromatic N) is 3. The summed E-state index contributed by atoms with van der Waals surface area (Å²) in [6, 6.07) is 14.7. The van der Waals surface area contributed by atoms with Gasteiger partial charge >= 0.3 is 0 Å². The lowest BCUT2D eigenvalue weighted by molar-refractivity contribution is -0.118. The number of morpholine rings is 1. The van der Waals surface area contributed by atoms with Crippen LogP contribution in [0.1, 0.15) is 5.82 Å². The normalized spacial score (nSPS) is 13.5. The van der Waals surface area contributed by atoms with Crippen LogP contribution in [0.4, 0.5) is 27.4 Å². The predicted octanol–water partition coefficient (Wildman–Crippen LogP) is 3.52. The van der Waals surface area contributed by atoms with Crippen LogP contribution in [-0.2, 0) is 9.53 Å². The minimum Gasteiger partial charge on any atom is -0.484 e. The van der Waals surface area contributed by atoms with Gasteiger partial charge < -0.3 is 25.0 Å². The molecule has 1 amide bonds. The Balaban J connectivity index is 1.33. The summed E-state index contributed by atoms with van der Waals surface area (Å²) < 4.78 is 23.7. The summed E-state index contributed by atoms with van der Waals surface area (Å²) >= 11 is 0. The molecule has 1 aliphatic rings. The van der Waals surface area contributed by atoms with E-state index in [0.717, 1.165) is 24.6 Å². The first-order valence-corrected chi connectivity index (χ1v) is 10.3. The lowest BCUT2D eigenvalue weighted by Crippen LogP contribution is -2.36. The van der Waals surface area contributed by atoms with Gasteiger partial charge in [-0.3, -0.25) is 4.79 Å². The number of amides is 1. The van der Waals surface area contributed by atoms with E-state index in [9.17, 15) is 9.18 Å². The number of halogens is 1. The second kappa shape index (κ2) is 10.1. The van der Waals surface area contributed by atoms with Crippen molar-refractivity contribution in [3.8, 4) is 5.75 Å². The highest BCUT2D eigenvalue weighted by Crippen LogP contribution is 2.22. The van der Waals surface area contributed by atoms with Crippen LogP contribution in [0.25, 0.3) is 0 Å². The van der Waals surface area contributed by atoms with E-state index in [1.807, 2.05) is 25.1 Å². The van der Waals surface area contributed by atoms with Crippen molar-refractivity contribution in [2.75, 3.05) is 48.4 Å². The Morgan fingerprint density at radius 2 is 1.75 bits per heavy atom. The molecular formula is C23H24FN5O3. The first kappa shape index (κ1) is 21.5. The van der Waals surface area contributed by atoms with Crippen LogP contribution in [0.15, 0.2) is 54.6 Å². The van der Waals surface area contributed by atoms with Crippen LogP contribution in [0.3, 0.4) is 0 Å². The largest absolute Gasteiger partial charge is 0.484 e. The smallest absolute Gasteiger partial charge is 0.262 e. The summed E-state index contributed by atoms with van der Waals surface area (Å²) in [5.74, 6) is 2.01. The molecule has 0 atom stereocenters. The summed E-state index contributed by atoms with van der Waals surface area (Å²) in [4.78, 5) is 23.3. The SMILES string of the molecule is Cc1nc(Nc2ccc(NC(=O)COc3ccc(F)cc3)cc2)cc(N2CCOCC2)n1. The fourth-order valence-electron chi connectivity index (χ4n) is 3.23. The number of aryl methyl sites for hydroxylation is 1. The minimum absolute atomic E-state index is 0.170. The van der Waals surface area contributed by atoms with E-state index in [4.69, 9.17) is 9.47 Å². The average Bonchev–Trinajstić information content (AvgIpc) is 2.80. The molecule has 1 aromatic heterocycles. The molecule has 2 N–H and O–H groups in total. The van der Waals surface area contributed by atoms with E-state index in [-0.39, 0.29) is 18.3 Å². The van der Waals surface area contributed by atoms with Crippen molar-refractivity contribution < 1.29 is 18.7 Å². The van der Waals surface area contributed by atoms with Gasteiger partial charge in [0.15, 0.2) is 6.61 Å². The minimum atomic E-state index is -0.357. The van der Waals surface area contributed by atoms with Gasteiger partial charge in [-0.15, -0.1) is 0 Å². The van der Waals surface area contributed by atoms with Crippen LogP contribution in [0.2, 0.25) is 0 Å². The molecule has 0 spiro atoms. The Bertz CT molecular complexity index is 1050. The van der Waals surface area contributed by atoms with Crippen molar-refractivity contribution in [1.82, 2.24) is 9.97 Å². The number of carbonyl (C=O) groups is 1. The van der Waals surface area contributed by atoms with E-state index in [2.05, 4.69) is 25.5 Å². The molecule has 1 aliphatic heterocycles. The van der Waals surface area contributed by atoms with Crippen LogP contribution in [0, 0.1) is 12.7 Å². The molecule has 1 fully saturated rings. The second-order valence-corrected chi connectivity index (χ2v) is 7.25. The highest BCUT2D eigenvalue weighted by molar-refractivity contribution is 5.92. The predicted molar refractivity (Wildman–Crippen MR) is 120 cm³/mol. The number of nitrogens with one attached hydrogen (secondary N) is 2. The molecule has 166 valence electrons. The van der Waals surface area contributed by atoms with Crippen LogP contribution in [-0.4, -0.2) is 48.8 Å². The third-order valence-corrected chi connectivity index (χ3v) is 4.78. The molecule has 3 aromatic rings. The highest BCUT2D eigenvalue weighted by Gasteiger charge is 2.14. The molecule has 4 rings (SSSR count). The van der Waals surface area contributed by atoms with Gasteiger partial charge in [0.25, 0.3) is 5.91 Å². The zero-order chi connectivity index (χ0) is 22.3. The molecule has 1 saturated heterocycles. The van der Waals surface area contributed by atoms with Crippen molar-refractivity contribution in [3.63, 3.8) is 0 Å². The maximum absolute atomic E-state index is 12.9. The summed E-state index contributed by atoms with van der Waals surface area (Å²) in [7, 11) is 0. The van der Waals surface area contributed by atoms with E-state index >= 15 is 0 Å². The quantitative estimate of drug-likeness (QED) is 0.585. The van der Waals surface area contributed by atoms with E-state index in [0.29, 0.717) is 36.3 Å². The van der Waals surface area contributed by atoms with E-state index in [1.165, 1.54) is 24.3 Å². The number of anilines is 4. The zero-order valence-corrected chi connectivity index (χ0v) is 17.7. The number of hydrogen-bond acceptors (Lipinski definition) is 7. The summed E-state index contributed by atoms with van der Waals surface area (Å²) in [5.41, 5.74) is 1.47. The molecule has 2 heterocycles. The van der Waals surface area contributed by atoms with Gasteiger partial charge in [-0.25, -0.2) is 14.4 Å². The van der Waals surface area contributed by atoms with Crippen molar-refractivity contribution in [3.05, 3.63) is 66.2 Å². The molecule has 0 radical (unpaired) electrons. The fourth-order valence-corrected chi connectivity index (χ4v) is 3.23. The summed E-state index contributed by atoms with van der Waals surface area (Å²) in [6.07, 6.45) is 0. The zero-order valence-electron chi connectivity index (χ0n) is 17.7. The number of benzene rings is 2. The van der Waals surface area contributed by atoms with Gasteiger partial charge in [0, 0.05) is 30.5 Å². The van der Waals surface area contributed by atoms with E-state index in [1.54, 1.807) is 12.1 Å². The second-order valence-electron chi connectivity index (χ2n) is 7.25. The van der Waals surface area contributed by atoms with Crippen LogP contribution in [0.5, 0.6) is 5.75 Å². The molecule has 0 unspecified atom stereocenters. The summed E-state index contributed by atoms with van der Waals surface area (Å²) in [6.45, 7) is 4.67. The molecule has 8 nitrogen and oxygen atoms in total. The lowest BCUT2D eigenvalue weighted by atomic mass is 10.2. The van der Waals surface area contributed by atoms with Crippen LogP contribution >= 0.6 is 0 Å². The van der Waals surface area contributed by atoms with Gasteiger partial charge in [-0.1, -0.05) is 0 Å². The standard InChI is InChI=1S/C23H24FN5O3/c1-16-25-21(14-22(26-16)29-10-12-31-13-11-29)27-18-4-6-19(7-5-18)28-23(30)15-32-20-8-2-17(24)3-9-20/h2-9,14H,10-13,15H2,1H3,(H,28,30)(H,25,26,27). The van der Waals surface area contributed by atoms with Crippen molar-refractivity contribution in [2.24, 2.45) is 0 Å². The van der Waals surface area contributed by atoms with Crippen molar-refractivity contribution in [2.45, 2.75) is 6.92 Å². The topological polar surface area (TPSA) is 88.6 Å². The lowest BCUT2D eigenvalue weighted by Gasteiger charge is -2.28. The first-order chi connectivity index (χ1) is 15.5. The van der Waals surface area contributed by atoms with Gasteiger partial charge in [-0.2, -0.15) is 0 Å². The third-order valence-electron chi connectivity index (χ3n) is 4.78. The number of carbonyl (C=O) groups excluding carboxylic acids is 1.